The zero-order valence-corrected chi connectivity index (χ0v) is 16.4. The maximum Gasteiger partial charge on any atom is 0.338 e. The molecule has 2 aliphatic rings. The lowest BCUT2D eigenvalue weighted by Gasteiger charge is -2.20. The molecule has 0 amide bonds. The molecule has 1 aliphatic carbocycles. The van der Waals surface area contributed by atoms with Crippen LogP contribution >= 0.6 is 11.6 Å². The summed E-state index contributed by atoms with van der Waals surface area (Å²) in [5.41, 5.74) is 0.921. The standard InChI is InChI=1S/C19H18ClNO6S/c20-16-9-12(10-17-18(16)26-8-7-25-17)11-27-19(22)13-1-5-15(6-2-13)28(23,24)21-14-3-4-14/h1-2,5-6,9-10,14,21H,3-4,7-8,11H2. The summed E-state index contributed by atoms with van der Waals surface area (Å²) in [6.07, 6.45) is 1.71. The Morgan fingerprint density at radius 3 is 2.57 bits per heavy atom. The highest BCUT2D eigenvalue weighted by Gasteiger charge is 2.28. The van der Waals surface area contributed by atoms with Gasteiger partial charge in [0.15, 0.2) is 11.5 Å². The minimum absolute atomic E-state index is 0.00151. The molecule has 148 valence electrons. The molecule has 0 atom stereocenters. The van der Waals surface area contributed by atoms with E-state index < -0.39 is 16.0 Å². The van der Waals surface area contributed by atoms with Crippen LogP contribution in [0.1, 0.15) is 28.8 Å². The van der Waals surface area contributed by atoms with Gasteiger partial charge in [0.25, 0.3) is 0 Å². The van der Waals surface area contributed by atoms with Gasteiger partial charge in [-0.2, -0.15) is 0 Å². The Morgan fingerprint density at radius 2 is 1.86 bits per heavy atom. The predicted octanol–water partition coefficient (Wildman–Crippen LogP) is 2.91. The number of hydrogen-bond acceptors (Lipinski definition) is 6. The number of halogens is 1. The summed E-state index contributed by atoms with van der Waals surface area (Å²) in [5, 5.41) is 0.390. The molecule has 0 radical (unpaired) electrons. The first-order valence-corrected chi connectivity index (χ1v) is 10.7. The molecule has 1 saturated carbocycles. The molecule has 1 heterocycles. The molecule has 7 nitrogen and oxygen atoms in total. The van der Waals surface area contributed by atoms with Crippen LogP contribution in [0.5, 0.6) is 11.5 Å². The summed E-state index contributed by atoms with van der Waals surface area (Å²) >= 11 is 6.17. The normalized spacial score (nSPS) is 15.9. The number of carbonyl (C=O) groups excluding carboxylic acids is 1. The number of rotatable bonds is 6. The van der Waals surface area contributed by atoms with E-state index in [2.05, 4.69) is 4.72 Å². The van der Waals surface area contributed by atoms with Gasteiger partial charge < -0.3 is 14.2 Å². The number of esters is 1. The first-order valence-electron chi connectivity index (χ1n) is 8.80. The molecule has 0 unspecified atom stereocenters. The topological polar surface area (TPSA) is 90.9 Å². The van der Waals surface area contributed by atoms with Crippen molar-refractivity contribution in [3.05, 3.63) is 52.5 Å². The van der Waals surface area contributed by atoms with Gasteiger partial charge in [0.1, 0.15) is 19.8 Å². The van der Waals surface area contributed by atoms with E-state index in [-0.39, 0.29) is 23.1 Å². The second-order valence-electron chi connectivity index (χ2n) is 6.60. The van der Waals surface area contributed by atoms with Gasteiger partial charge in [-0.05, 0) is 54.8 Å². The lowest BCUT2D eigenvalue weighted by atomic mass is 10.2. The summed E-state index contributed by atoms with van der Waals surface area (Å²) in [6.45, 7) is 0.860. The van der Waals surface area contributed by atoms with Crippen molar-refractivity contribution in [2.75, 3.05) is 13.2 Å². The summed E-state index contributed by atoms with van der Waals surface area (Å²) in [4.78, 5) is 12.4. The molecule has 1 aliphatic heterocycles. The Bertz CT molecular complexity index is 1000. The van der Waals surface area contributed by atoms with Gasteiger partial charge in [0.05, 0.1) is 15.5 Å². The largest absolute Gasteiger partial charge is 0.486 e. The summed E-state index contributed by atoms with van der Waals surface area (Å²) in [6, 6.07) is 9.03. The van der Waals surface area contributed by atoms with Crippen LogP contribution in [0, 0.1) is 0 Å². The predicted molar refractivity (Wildman–Crippen MR) is 101 cm³/mol. The Kier molecular flexibility index (Phi) is 5.18. The van der Waals surface area contributed by atoms with E-state index in [0.29, 0.717) is 35.3 Å². The van der Waals surface area contributed by atoms with E-state index in [4.69, 9.17) is 25.8 Å². The Balaban J connectivity index is 1.40. The fraction of sp³-hybridized carbons (Fsp3) is 0.316. The highest BCUT2D eigenvalue weighted by atomic mass is 35.5. The lowest BCUT2D eigenvalue weighted by Crippen LogP contribution is -2.25. The van der Waals surface area contributed by atoms with Gasteiger partial charge in [-0.3, -0.25) is 0 Å². The molecular weight excluding hydrogens is 406 g/mol. The van der Waals surface area contributed by atoms with E-state index >= 15 is 0 Å². The van der Waals surface area contributed by atoms with Crippen LogP contribution in [-0.4, -0.2) is 33.6 Å². The molecule has 4 rings (SSSR count). The Labute approximate surface area is 167 Å². The highest BCUT2D eigenvalue weighted by molar-refractivity contribution is 7.89. The number of hydrogen-bond donors (Lipinski definition) is 1. The van der Waals surface area contributed by atoms with Crippen LogP contribution in [0.15, 0.2) is 41.3 Å². The van der Waals surface area contributed by atoms with Crippen LogP contribution in [0.25, 0.3) is 0 Å². The van der Waals surface area contributed by atoms with E-state index in [1.165, 1.54) is 24.3 Å². The molecule has 0 aromatic heterocycles. The van der Waals surface area contributed by atoms with Crippen molar-refractivity contribution in [3.63, 3.8) is 0 Å². The zero-order valence-electron chi connectivity index (χ0n) is 14.8. The average Bonchev–Trinajstić information content (AvgIpc) is 3.49. The first kappa shape index (κ1) is 19.0. The molecule has 0 saturated heterocycles. The van der Waals surface area contributed by atoms with Crippen molar-refractivity contribution >= 4 is 27.6 Å². The molecule has 2 aromatic carbocycles. The number of nitrogens with one attached hydrogen (secondary N) is 1. The molecular formula is C19H18ClNO6S. The van der Waals surface area contributed by atoms with Crippen molar-refractivity contribution in [2.24, 2.45) is 0 Å². The minimum Gasteiger partial charge on any atom is -0.486 e. The van der Waals surface area contributed by atoms with Crippen molar-refractivity contribution in [1.82, 2.24) is 4.72 Å². The van der Waals surface area contributed by atoms with Crippen LogP contribution in [0.3, 0.4) is 0 Å². The SMILES string of the molecule is O=C(OCc1cc(Cl)c2c(c1)OCCO2)c1ccc(S(=O)(=O)NC2CC2)cc1. The summed E-state index contributed by atoms with van der Waals surface area (Å²) in [5.74, 6) is 0.437. The van der Waals surface area contributed by atoms with Crippen molar-refractivity contribution < 1.29 is 27.4 Å². The monoisotopic (exact) mass is 423 g/mol. The third-order valence-corrected chi connectivity index (χ3v) is 6.14. The fourth-order valence-electron chi connectivity index (χ4n) is 2.74. The second kappa shape index (κ2) is 7.62. The first-order chi connectivity index (χ1) is 13.4. The lowest BCUT2D eigenvalue weighted by molar-refractivity contribution is 0.0472. The number of ether oxygens (including phenoxy) is 3. The minimum atomic E-state index is -3.55. The third-order valence-electron chi connectivity index (χ3n) is 4.33. The van der Waals surface area contributed by atoms with Crippen LogP contribution in [0.2, 0.25) is 5.02 Å². The third kappa shape index (κ3) is 4.24. The van der Waals surface area contributed by atoms with Crippen LogP contribution in [-0.2, 0) is 21.4 Å². The van der Waals surface area contributed by atoms with Crippen molar-refractivity contribution in [1.29, 1.82) is 0 Å². The van der Waals surface area contributed by atoms with Crippen LogP contribution < -0.4 is 14.2 Å². The maximum atomic E-state index is 12.3. The van der Waals surface area contributed by atoms with E-state index in [9.17, 15) is 13.2 Å². The molecule has 28 heavy (non-hydrogen) atoms. The maximum absolute atomic E-state index is 12.3. The van der Waals surface area contributed by atoms with Gasteiger partial charge in [-0.1, -0.05) is 11.6 Å². The van der Waals surface area contributed by atoms with Gasteiger partial charge in [-0.25, -0.2) is 17.9 Å². The molecule has 1 fully saturated rings. The van der Waals surface area contributed by atoms with Gasteiger partial charge in [0, 0.05) is 6.04 Å². The van der Waals surface area contributed by atoms with Gasteiger partial charge >= 0.3 is 5.97 Å². The van der Waals surface area contributed by atoms with Gasteiger partial charge in [0.2, 0.25) is 10.0 Å². The smallest absolute Gasteiger partial charge is 0.338 e. The molecule has 2 aromatic rings. The molecule has 9 heteroatoms. The Morgan fingerprint density at radius 1 is 1.14 bits per heavy atom. The number of carbonyl (C=O) groups is 1. The number of benzene rings is 2. The number of fused-ring (bicyclic) bond motifs is 1. The average molecular weight is 424 g/mol. The van der Waals surface area contributed by atoms with E-state index in [0.717, 1.165) is 12.8 Å². The second-order valence-corrected chi connectivity index (χ2v) is 8.72. The Hall–Kier alpha value is -2.29. The van der Waals surface area contributed by atoms with Crippen molar-refractivity contribution in [3.8, 4) is 11.5 Å². The molecule has 0 bridgehead atoms. The van der Waals surface area contributed by atoms with E-state index in [1.807, 2.05) is 0 Å². The highest BCUT2D eigenvalue weighted by Crippen LogP contribution is 2.38. The van der Waals surface area contributed by atoms with Crippen LogP contribution in [0.4, 0.5) is 0 Å². The fourth-order valence-corrected chi connectivity index (χ4v) is 4.33. The number of sulfonamides is 1. The van der Waals surface area contributed by atoms with Crippen molar-refractivity contribution in [2.45, 2.75) is 30.4 Å². The quantitative estimate of drug-likeness (QED) is 0.718. The van der Waals surface area contributed by atoms with E-state index in [1.54, 1.807) is 12.1 Å². The summed E-state index contributed by atoms with van der Waals surface area (Å²) in [7, 11) is -3.55. The van der Waals surface area contributed by atoms with Gasteiger partial charge in [-0.15, -0.1) is 0 Å². The molecule has 1 N–H and O–H groups in total. The molecule has 0 spiro atoms. The zero-order chi connectivity index (χ0) is 19.7. The summed E-state index contributed by atoms with van der Waals surface area (Å²) < 4.78 is 43.2.